The van der Waals surface area contributed by atoms with Gasteiger partial charge in [-0.2, -0.15) is 0 Å². The Hall–Kier alpha value is -1.70. The van der Waals surface area contributed by atoms with Crippen LogP contribution in [0.1, 0.15) is 10.6 Å². The molecule has 1 aromatic heterocycles. The highest BCUT2D eigenvalue weighted by atomic mass is 35.5. The van der Waals surface area contributed by atoms with Gasteiger partial charge < -0.3 is 9.73 Å². The number of nitrogens with one attached hydrogen (secondary N) is 2. The van der Waals surface area contributed by atoms with Crippen molar-refractivity contribution >= 4 is 50.5 Å². The summed E-state index contributed by atoms with van der Waals surface area (Å²) in [4.78, 5) is 11.8. The molecule has 1 heterocycles. The van der Waals surface area contributed by atoms with E-state index in [4.69, 9.17) is 27.6 Å². The number of carbonyl (C=O) groups excluding carboxylic acids is 1. The number of sulfonamides is 1. The second-order valence-electron chi connectivity index (χ2n) is 4.13. The van der Waals surface area contributed by atoms with E-state index in [1.807, 2.05) is 0 Å². The SMILES string of the molecule is CS(=O)(=O)Nc1ccc(NC(=O)c2ccc(Cl)o2)cc1Cl. The third kappa shape index (κ3) is 4.38. The first-order valence-corrected chi connectivity index (χ1v) is 8.23. The number of furan rings is 1. The van der Waals surface area contributed by atoms with Crippen molar-refractivity contribution in [2.75, 3.05) is 16.3 Å². The topological polar surface area (TPSA) is 88.4 Å². The van der Waals surface area contributed by atoms with Crippen LogP contribution in [0.2, 0.25) is 10.2 Å². The Bertz CT molecular complexity index is 786. The summed E-state index contributed by atoms with van der Waals surface area (Å²) in [6.45, 7) is 0. The molecular weight excluding hydrogens is 339 g/mol. The second kappa shape index (κ2) is 5.97. The van der Waals surface area contributed by atoms with Crippen molar-refractivity contribution in [3.63, 3.8) is 0 Å². The van der Waals surface area contributed by atoms with Crippen LogP contribution in [0.4, 0.5) is 11.4 Å². The molecular formula is C12H10Cl2N2O4S. The molecule has 0 fully saturated rings. The fourth-order valence-corrected chi connectivity index (χ4v) is 2.51. The number of hydrogen-bond acceptors (Lipinski definition) is 4. The molecule has 9 heteroatoms. The summed E-state index contributed by atoms with van der Waals surface area (Å²) >= 11 is 11.5. The maximum atomic E-state index is 11.8. The first kappa shape index (κ1) is 15.7. The van der Waals surface area contributed by atoms with Crippen molar-refractivity contribution in [3.05, 3.63) is 46.3 Å². The number of anilines is 2. The van der Waals surface area contributed by atoms with E-state index < -0.39 is 15.9 Å². The smallest absolute Gasteiger partial charge is 0.291 e. The van der Waals surface area contributed by atoms with Crippen LogP contribution < -0.4 is 10.0 Å². The monoisotopic (exact) mass is 348 g/mol. The zero-order valence-electron chi connectivity index (χ0n) is 10.7. The number of amides is 1. The summed E-state index contributed by atoms with van der Waals surface area (Å²) in [5.74, 6) is -0.448. The molecule has 112 valence electrons. The van der Waals surface area contributed by atoms with Gasteiger partial charge in [-0.1, -0.05) is 11.6 Å². The average Bonchev–Trinajstić information content (AvgIpc) is 2.78. The standard InChI is InChI=1S/C12H10Cl2N2O4S/c1-21(18,19)16-9-3-2-7(6-8(9)13)15-12(17)10-4-5-11(14)20-10/h2-6,16H,1H3,(H,15,17). The third-order valence-corrected chi connectivity index (χ3v) is 3.43. The largest absolute Gasteiger partial charge is 0.440 e. The van der Waals surface area contributed by atoms with Gasteiger partial charge in [-0.3, -0.25) is 9.52 Å². The van der Waals surface area contributed by atoms with Crippen LogP contribution in [0.25, 0.3) is 0 Å². The minimum Gasteiger partial charge on any atom is -0.440 e. The predicted octanol–water partition coefficient (Wildman–Crippen LogP) is 3.21. The van der Waals surface area contributed by atoms with Gasteiger partial charge in [0.15, 0.2) is 11.0 Å². The van der Waals surface area contributed by atoms with Gasteiger partial charge in [-0.05, 0) is 41.9 Å². The van der Waals surface area contributed by atoms with Gasteiger partial charge in [-0.25, -0.2) is 8.42 Å². The molecule has 6 nitrogen and oxygen atoms in total. The molecule has 2 N–H and O–H groups in total. The summed E-state index contributed by atoms with van der Waals surface area (Å²) in [6.07, 6.45) is 1.01. The molecule has 1 amide bonds. The molecule has 1 aromatic carbocycles. The highest BCUT2D eigenvalue weighted by Gasteiger charge is 2.12. The lowest BCUT2D eigenvalue weighted by molar-refractivity contribution is 0.0997. The van der Waals surface area contributed by atoms with Crippen molar-refractivity contribution in [2.24, 2.45) is 0 Å². The Morgan fingerprint density at radius 1 is 1.19 bits per heavy atom. The summed E-state index contributed by atoms with van der Waals surface area (Å²) < 4.78 is 29.5. The number of halogens is 2. The maximum absolute atomic E-state index is 11.8. The fourth-order valence-electron chi connectivity index (χ4n) is 1.50. The van der Waals surface area contributed by atoms with Crippen LogP contribution in [0, 0.1) is 0 Å². The van der Waals surface area contributed by atoms with Crippen LogP contribution in [0.3, 0.4) is 0 Å². The van der Waals surface area contributed by atoms with Crippen molar-refractivity contribution in [2.45, 2.75) is 0 Å². The van der Waals surface area contributed by atoms with Crippen LogP contribution >= 0.6 is 23.2 Å². The van der Waals surface area contributed by atoms with E-state index in [1.54, 1.807) is 0 Å². The molecule has 0 bridgehead atoms. The Kier molecular flexibility index (Phi) is 4.46. The molecule has 2 aromatic rings. The minimum absolute atomic E-state index is 0.0504. The number of hydrogen-bond donors (Lipinski definition) is 2. The van der Waals surface area contributed by atoms with E-state index in [0.717, 1.165) is 6.26 Å². The number of benzene rings is 1. The van der Waals surface area contributed by atoms with E-state index in [-0.39, 0.29) is 21.7 Å². The summed E-state index contributed by atoms with van der Waals surface area (Å²) in [5, 5.41) is 2.80. The van der Waals surface area contributed by atoms with E-state index >= 15 is 0 Å². The van der Waals surface area contributed by atoms with Crippen molar-refractivity contribution in [3.8, 4) is 0 Å². The van der Waals surface area contributed by atoms with E-state index in [0.29, 0.717) is 5.69 Å². The molecule has 0 saturated heterocycles. The van der Waals surface area contributed by atoms with Gasteiger partial charge in [0.05, 0.1) is 17.0 Å². The first-order valence-electron chi connectivity index (χ1n) is 5.58. The van der Waals surface area contributed by atoms with Crippen LogP contribution in [0.5, 0.6) is 0 Å². The summed E-state index contributed by atoms with van der Waals surface area (Å²) in [6, 6.07) is 7.23. The quantitative estimate of drug-likeness (QED) is 0.887. The normalized spacial score (nSPS) is 11.2. The minimum atomic E-state index is -3.43. The van der Waals surface area contributed by atoms with Gasteiger partial charge >= 0.3 is 0 Å². The number of rotatable bonds is 4. The summed E-state index contributed by atoms with van der Waals surface area (Å²) in [5.41, 5.74) is 0.606. The van der Waals surface area contributed by atoms with Crippen molar-refractivity contribution < 1.29 is 17.6 Å². The van der Waals surface area contributed by atoms with E-state index in [9.17, 15) is 13.2 Å². The van der Waals surface area contributed by atoms with Gasteiger partial charge in [0.2, 0.25) is 10.0 Å². The van der Waals surface area contributed by atoms with Crippen LogP contribution in [-0.2, 0) is 10.0 Å². The Labute approximate surface area is 131 Å². The molecule has 21 heavy (non-hydrogen) atoms. The molecule has 0 aliphatic carbocycles. The maximum Gasteiger partial charge on any atom is 0.291 e. The highest BCUT2D eigenvalue weighted by Crippen LogP contribution is 2.26. The molecule has 0 aliphatic heterocycles. The molecule has 0 atom stereocenters. The average molecular weight is 349 g/mol. The van der Waals surface area contributed by atoms with Crippen LogP contribution in [-0.4, -0.2) is 20.6 Å². The Morgan fingerprint density at radius 2 is 1.90 bits per heavy atom. The molecule has 2 rings (SSSR count). The third-order valence-electron chi connectivity index (χ3n) is 2.32. The summed E-state index contributed by atoms with van der Waals surface area (Å²) in [7, 11) is -3.43. The zero-order chi connectivity index (χ0) is 15.6. The molecule has 0 radical (unpaired) electrons. The highest BCUT2D eigenvalue weighted by molar-refractivity contribution is 7.92. The van der Waals surface area contributed by atoms with Crippen LogP contribution in [0.15, 0.2) is 34.7 Å². The lowest BCUT2D eigenvalue weighted by Gasteiger charge is -2.09. The first-order chi connectivity index (χ1) is 9.74. The van der Waals surface area contributed by atoms with Gasteiger partial charge in [0.25, 0.3) is 5.91 Å². The molecule has 0 unspecified atom stereocenters. The van der Waals surface area contributed by atoms with Gasteiger partial charge in [0.1, 0.15) is 0 Å². The van der Waals surface area contributed by atoms with Gasteiger partial charge in [0, 0.05) is 5.69 Å². The Balaban J connectivity index is 2.15. The fraction of sp³-hybridized carbons (Fsp3) is 0.0833. The molecule has 0 saturated carbocycles. The van der Waals surface area contributed by atoms with Crippen molar-refractivity contribution in [1.29, 1.82) is 0 Å². The van der Waals surface area contributed by atoms with Crippen molar-refractivity contribution in [1.82, 2.24) is 0 Å². The molecule has 0 aliphatic rings. The van der Waals surface area contributed by atoms with E-state index in [2.05, 4.69) is 10.0 Å². The lowest BCUT2D eigenvalue weighted by atomic mass is 10.3. The van der Waals surface area contributed by atoms with Gasteiger partial charge in [-0.15, -0.1) is 0 Å². The zero-order valence-corrected chi connectivity index (χ0v) is 13.0. The second-order valence-corrected chi connectivity index (χ2v) is 6.65. The molecule has 0 spiro atoms. The lowest BCUT2D eigenvalue weighted by Crippen LogP contribution is -2.12. The predicted molar refractivity (Wildman–Crippen MR) is 81.6 cm³/mol. The Morgan fingerprint density at radius 3 is 2.43 bits per heavy atom. The number of carbonyl (C=O) groups is 1. The van der Waals surface area contributed by atoms with E-state index in [1.165, 1.54) is 30.3 Å².